The number of nitrogens with zero attached hydrogens (tertiary/aromatic N) is 1. The first-order valence-electron chi connectivity index (χ1n) is 4.77. The normalized spacial score (nSPS) is 33.5. The summed E-state index contributed by atoms with van der Waals surface area (Å²) in [4.78, 5) is 2.62. The average Bonchev–Trinajstić information content (AvgIpc) is 2.17. The largest absolute Gasteiger partial charge is 0.296 e. The molecule has 2 saturated heterocycles. The average molecular weight is 151 g/mol. The summed E-state index contributed by atoms with van der Waals surface area (Å²) in [5, 5.41) is 0. The maximum Gasteiger partial charge on any atom is 0.0193 e. The molecule has 0 bridgehead atoms. The zero-order chi connectivity index (χ0) is 7.68. The second-order valence-corrected chi connectivity index (χ2v) is 3.93. The Kier molecular flexibility index (Phi) is 1.99. The highest BCUT2D eigenvalue weighted by molar-refractivity contribution is 5.08. The van der Waals surface area contributed by atoms with E-state index >= 15 is 0 Å². The molecule has 0 aromatic heterocycles. The van der Waals surface area contributed by atoms with Crippen LogP contribution in [0.3, 0.4) is 0 Å². The van der Waals surface area contributed by atoms with E-state index in [-0.39, 0.29) is 0 Å². The van der Waals surface area contributed by atoms with E-state index < -0.39 is 0 Å². The molecule has 1 unspecified atom stereocenters. The molecule has 0 spiro atoms. The van der Waals surface area contributed by atoms with Crippen LogP contribution < -0.4 is 0 Å². The maximum atomic E-state index is 4.07. The van der Waals surface area contributed by atoms with Gasteiger partial charge in [-0.1, -0.05) is 25.0 Å². The molecule has 0 radical (unpaired) electrons. The van der Waals surface area contributed by atoms with Gasteiger partial charge in [0.15, 0.2) is 0 Å². The molecule has 2 aliphatic heterocycles. The lowest BCUT2D eigenvalue weighted by atomic mass is 10.1. The smallest absolute Gasteiger partial charge is 0.0193 e. The molecule has 2 heterocycles. The van der Waals surface area contributed by atoms with Gasteiger partial charge in [0.25, 0.3) is 0 Å². The summed E-state index contributed by atoms with van der Waals surface area (Å²) in [5.41, 5.74) is 1.46. The Morgan fingerprint density at radius 3 is 3.09 bits per heavy atom. The molecule has 11 heavy (non-hydrogen) atoms. The van der Waals surface area contributed by atoms with E-state index in [4.69, 9.17) is 0 Å². The van der Waals surface area contributed by atoms with Gasteiger partial charge in [-0.05, 0) is 25.8 Å². The Labute approximate surface area is 69.1 Å². The Hall–Kier alpha value is -0.300. The lowest BCUT2D eigenvalue weighted by molar-refractivity contribution is 0.262. The van der Waals surface area contributed by atoms with Crippen LogP contribution in [0.25, 0.3) is 0 Å². The van der Waals surface area contributed by atoms with Gasteiger partial charge in [0.1, 0.15) is 0 Å². The van der Waals surface area contributed by atoms with Crippen molar-refractivity contribution in [3.05, 3.63) is 12.2 Å². The van der Waals surface area contributed by atoms with Crippen LogP contribution in [0.4, 0.5) is 0 Å². The molecule has 0 aliphatic carbocycles. The van der Waals surface area contributed by atoms with Crippen molar-refractivity contribution in [3.63, 3.8) is 0 Å². The van der Waals surface area contributed by atoms with E-state index in [0.29, 0.717) is 0 Å². The van der Waals surface area contributed by atoms with Gasteiger partial charge in [0.2, 0.25) is 0 Å². The predicted molar refractivity (Wildman–Crippen MR) is 47.6 cm³/mol. The standard InChI is InChI=1S/C10H17N/c1-9-7-10-5-3-2-4-6-11(10)8-9/h10H,1-8H2. The highest BCUT2D eigenvalue weighted by Gasteiger charge is 2.27. The molecule has 0 aromatic rings. The minimum absolute atomic E-state index is 0.866. The van der Waals surface area contributed by atoms with E-state index in [2.05, 4.69) is 11.5 Å². The molecular weight excluding hydrogens is 134 g/mol. The third kappa shape index (κ3) is 1.48. The molecule has 2 fully saturated rings. The van der Waals surface area contributed by atoms with E-state index in [0.717, 1.165) is 6.04 Å². The van der Waals surface area contributed by atoms with Gasteiger partial charge in [0, 0.05) is 12.6 Å². The first kappa shape index (κ1) is 7.35. The van der Waals surface area contributed by atoms with Crippen molar-refractivity contribution in [2.75, 3.05) is 13.1 Å². The zero-order valence-electron chi connectivity index (χ0n) is 7.18. The summed E-state index contributed by atoms with van der Waals surface area (Å²) in [6.07, 6.45) is 6.98. The van der Waals surface area contributed by atoms with Crippen molar-refractivity contribution in [2.24, 2.45) is 0 Å². The minimum Gasteiger partial charge on any atom is -0.296 e. The van der Waals surface area contributed by atoms with Gasteiger partial charge in [0.05, 0.1) is 0 Å². The second kappa shape index (κ2) is 2.98. The maximum absolute atomic E-state index is 4.07. The Balaban J connectivity index is 2.01. The molecule has 62 valence electrons. The fraction of sp³-hybridized carbons (Fsp3) is 0.800. The third-order valence-corrected chi connectivity index (χ3v) is 2.95. The topological polar surface area (TPSA) is 3.24 Å². The van der Waals surface area contributed by atoms with Crippen LogP contribution in [-0.4, -0.2) is 24.0 Å². The van der Waals surface area contributed by atoms with Crippen LogP contribution in [0.1, 0.15) is 32.1 Å². The fourth-order valence-electron chi connectivity index (χ4n) is 2.36. The second-order valence-electron chi connectivity index (χ2n) is 3.93. The summed E-state index contributed by atoms with van der Waals surface area (Å²) in [7, 11) is 0. The van der Waals surface area contributed by atoms with E-state index in [9.17, 15) is 0 Å². The van der Waals surface area contributed by atoms with Crippen molar-refractivity contribution in [1.29, 1.82) is 0 Å². The van der Waals surface area contributed by atoms with Gasteiger partial charge in [-0.3, -0.25) is 4.90 Å². The fourth-order valence-corrected chi connectivity index (χ4v) is 2.36. The van der Waals surface area contributed by atoms with E-state index in [1.807, 2.05) is 0 Å². The lowest BCUT2D eigenvalue weighted by Crippen LogP contribution is -2.28. The monoisotopic (exact) mass is 151 g/mol. The van der Waals surface area contributed by atoms with E-state index in [1.165, 1.54) is 50.8 Å². The molecular formula is C10H17N. The van der Waals surface area contributed by atoms with Gasteiger partial charge >= 0.3 is 0 Å². The van der Waals surface area contributed by atoms with Crippen LogP contribution in [-0.2, 0) is 0 Å². The third-order valence-electron chi connectivity index (χ3n) is 2.95. The van der Waals surface area contributed by atoms with Gasteiger partial charge in [-0.15, -0.1) is 0 Å². The highest BCUT2D eigenvalue weighted by Crippen LogP contribution is 2.28. The summed E-state index contributed by atoms with van der Waals surface area (Å²) >= 11 is 0. The van der Waals surface area contributed by atoms with Crippen LogP contribution >= 0.6 is 0 Å². The Morgan fingerprint density at radius 1 is 1.27 bits per heavy atom. The lowest BCUT2D eigenvalue weighted by Gasteiger charge is -2.19. The number of rotatable bonds is 0. The molecule has 1 nitrogen and oxygen atoms in total. The molecule has 1 heteroatoms. The number of hydrogen-bond acceptors (Lipinski definition) is 1. The Morgan fingerprint density at radius 2 is 2.18 bits per heavy atom. The Bertz CT molecular complexity index is 146. The zero-order valence-corrected chi connectivity index (χ0v) is 7.18. The van der Waals surface area contributed by atoms with Crippen LogP contribution in [0.5, 0.6) is 0 Å². The SMILES string of the molecule is C=C1CC2CCCCCN2C1. The van der Waals surface area contributed by atoms with E-state index in [1.54, 1.807) is 0 Å². The quantitative estimate of drug-likeness (QED) is 0.480. The first-order chi connectivity index (χ1) is 5.36. The van der Waals surface area contributed by atoms with Gasteiger partial charge < -0.3 is 0 Å². The summed E-state index contributed by atoms with van der Waals surface area (Å²) in [6, 6.07) is 0.866. The molecule has 2 aliphatic rings. The number of hydrogen-bond donors (Lipinski definition) is 0. The van der Waals surface area contributed by atoms with Crippen LogP contribution in [0, 0.1) is 0 Å². The molecule has 0 aromatic carbocycles. The van der Waals surface area contributed by atoms with Crippen molar-refractivity contribution < 1.29 is 0 Å². The van der Waals surface area contributed by atoms with Gasteiger partial charge in [-0.25, -0.2) is 0 Å². The number of fused-ring (bicyclic) bond motifs is 1. The molecule has 2 rings (SSSR count). The van der Waals surface area contributed by atoms with Crippen molar-refractivity contribution in [3.8, 4) is 0 Å². The molecule has 0 saturated carbocycles. The van der Waals surface area contributed by atoms with Crippen LogP contribution in [0.2, 0.25) is 0 Å². The van der Waals surface area contributed by atoms with Crippen LogP contribution in [0.15, 0.2) is 12.2 Å². The van der Waals surface area contributed by atoms with Crippen molar-refractivity contribution in [2.45, 2.75) is 38.1 Å². The highest BCUT2D eigenvalue weighted by atomic mass is 15.2. The summed E-state index contributed by atoms with van der Waals surface area (Å²) in [6.45, 7) is 6.58. The molecule has 1 atom stereocenters. The first-order valence-corrected chi connectivity index (χ1v) is 4.77. The van der Waals surface area contributed by atoms with Crippen molar-refractivity contribution >= 4 is 0 Å². The molecule has 0 amide bonds. The summed E-state index contributed by atoms with van der Waals surface area (Å²) < 4.78 is 0. The summed E-state index contributed by atoms with van der Waals surface area (Å²) in [5.74, 6) is 0. The molecule has 0 N–H and O–H groups in total. The predicted octanol–water partition coefficient (Wildman–Crippen LogP) is 2.19. The minimum atomic E-state index is 0.866. The van der Waals surface area contributed by atoms with Gasteiger partial charge in [-0.2, -0.15) is 0 Å². The van der Waals surface area contributed by atoms with Crippen molar-refractivity contribution in [1.82, 2.24) is 4.90 Å².